The SMILES string of the molecule is C[C@H](c1cccnc1)N1CCNCC1. The third kappa shape index (κ3) is 2.11. The molecule has 0 saturated carbocycles. The van der Waals surface area contributed by atoms with E-state index in [-0.39, 0.29) is 0 Å². The molecular formula is C11H17N3. The molecule has 0 spiro atoms. The van der Waals surface area contributed by atoms with Gasteiger partial charge in [0.25, 0.3) is 0 Å². The topological polar surface area (TPSA) is 28.2 Å². The Morgan fingerprint density at radius 1 is 1.43 bits per heavy atom. The van der Waals surface area contributed by atoms with Crippen LogP contribution >= 0.6 is 0 Å². The minimum Gasteiger partial charge on any atom is -0.314 e. The smallest absolute Gasteiger partial charge is 0.0336 e. The van der Waals surface area contributed by atoms with E-state index >= 15 is 0 Å². The van der Waals surface area contributed by atoms with Gasteiger partial charge in [-0.05, 0) is 18.6 Å². The second-order valence-corrected chi connectivity index (χ2v) is 3.75. The fourth-order valence-electron chi connectivity index (χ4n) is 1.90. The number of nitrogens with one attached hydrogen (secondary N) is 1. The highest BCUT2D eigenvalue weighted by atomic mass is 15.2. The Hall–Kier alpha value is -0.930. The van der Waals surface area contributed by atoms with E-state index in [4.69, 9.17) is 0 Å². The number of rotatable bonds is 2. The zero-order valence-corrected chi connectivity index (χ0v) is 8.61. The van der Waals surface area contributed by atoms with E-state index in [1.807, 2.05) is 18.5 Å². The molecular weight excluding hydrogens is 174 g/mol. The summed E-state index contributed by atoms with van der Waals surface area (Å²) < 4.78 is 0. The summed E-state index contributed by atoms with van der Waals surface area (Å²) in [6.07, 6.45) is 3.79. The number of nitrogens with zero attached hydrogens (tertiary/aromatic N) is 2. The molecule has 0 unspecified atom stereocenters. The van der Waals surface area contributed by atoms with E-state index < -0.39 is 0 Å². The summed E-state index contributed by atoms with van der Waals surface area (Å²) in [4.78, 5) is 6.65. The Balaban J connectivity index is 2.03. The first-order valence-electron chi connectivity index (χ1n) is 5.22. The molecule has 0 amide bonds. The molecule has 0 aromatic carbocycles. The molecule has 1 aromatic heterocycles. The van der Waals surface area contributed by atoms with Gasteiger partial charge in [0, 0.05) is 44.6 Å². The van der Waals surface area contributed by atoms with Crippen molar-refractivity contribution in [3.8, 4) is 0 Å². The Kier molecular flexibility index (Phi) is 3.11. The lowest BCUT2D eigenvalue weighted by atomic mass is 10.1. The van der Waals surface area contributed by atoms with Gasteiger partial charge in [0.1, 0.15) is 0 Å². The number of hydrogen-bond donors (Lipinski definition) is 1. The van der Waals surface area contributed by atoms with Gasteiger partial charge in [0.05, 0.1) is 0 Å². The van der Waals surface area contributed by atoms with Crippen molar-refractivity contribution in [3.05, 3.63) is 30.1 Å². The lowest BCUT2D eigenvalue weighted by Crippen LogP contribution is -2.44. The Bertz CT molecular complexity index is 267. The average molecular weight is 191 g/mol. The van der Waals surface area contributed by atoms with Crippen LogP contribution in [-0.4, -0.2) is 36.1 Å². The first kappa shape index (κ1) is 9.62. The fourth-order valence-corrected chi connectivity index (χ4v) is 1.90. The van der Waals surface area contributed by atoms with Crippen LogP contribution in [0.15, 0.2) is 24.5 Å². The molecule has 1 aliphatic heterocycles. The Morgan fingerprint density at radius 2 is 2.21 bits per heavy atom. The van der Waals surface area contributed by atoms with Crippen molar-refractivity contribution in [1.82, 2.24) is 15.2 Å². The number of aromatic nitrogens is 1. The van der Waals surface area contributed by atoms with Crippen LogP contribution in [0.5, 0.6) is 0 Å². The normalized spacial score (nSPS) is 20.6. The highest BCUT2D eigenvalue weighted by Gasteiger charge is 2.17. The molecule has 1 saturated heterocycles. The lowest BCUT2D eigenvalue weighted by molar-refractivity contribution is 0.185. The van der Waals surface area contributed by atoms with Gasteiger partial charge in [-0.25, -0.2) is 0 Å². The highest BCUT2D eigenvalue weighted by molar-refractivity contribution is 5.13. The molecule has 14 heavy (non-hydrogen) atoms. The molecule has 1 aliphatic rings. The number of hydrogen-bond acceptors (Lipinski definition) is 3. The summed E-state index contributed by atoms with van der Waals surface area (Å²) >= 11 is 0. The molecule has 76 valence electrons. The van der Waals surface area contributed by atoms with E-state index in [1.165, 1.54) is 5.56 Å². The van der Waals surface area contributed by atoms with Crippen LogP contribution in [0.1, 0.15) is 18.5 Å². The van der Waals surface area contributed by atoms with Crippen LogP contribution in [0.4, 0.5) is 0 Å². The van der Waals surface area contributed by atoms with Crippen molar-refractivity contribution in [3.63, 3.8) is 0 Å². The standard InChI is InChI=1S/C11H17N3/c1-10(11-3-2-4-13-9-11)14-7-5-12-6-8-14/h2-4,9-10,12H,5-8H2,1H3/t10-/m1/s1. The molecule has 0 radical (unpaired) electrons. The second kappa shape index (κ2) is 4.53. The van der Waals surface area contributed by atoms with Crippen LogP contribution < -0.4 is 5.32 Å². The molecule has 1 fully saturated rings. The van der Waals surface area contributed by atoms with Crippen LogP contribution in [0, 0.1) is 0 Å². The van der Waals surface area contributed by atoms with Gasteiger partial charge >= 0.3 is 0 Å². The van der Waals surface area contributed by atoms with E-state index in [9.17, 15) is 0 Å². The third-order valence-corrected chi connectivity index (χ3v) is 2.87. The van der Waals surface area contributed by atoms with Gasteiger partial charge < -0.3 is 5.32 Å². The molecule has 3 heteroatoms. The van der Waals surface area contributed by atoms with Crippen molar-refractivity contribution in [2.24, 2.45) is 0 Å². The van der Waals surface area contributed by atoms with Crippen molar-refractivity contribution >= 4 is 0 Å². The first-order valence-corrected chi connectivity index (χ1v) is 5.22. The van der Waals surface area contributed by atoms with Gasteiger partial charge in [-0.2, -0.15) is 0 Å². The quantitative estimate of drug-likeness (QED) is 0.757. The molecule has 0 bridgehead atoms. The minimum atomic E-state index is 0.491. The molecule has 3 nitrogen and oxygen atoms in total. The zero-order valence-electron chi connectivity index (χ0n) is 8.61. The van der Waals surface area contributed by atoms with Crippen LogP contribution in [0.25, 0.3) is 0 Å². The highest BCUT2D eigenvalue weighted by Crippen LogP contribution is 2.18. The van der Waals surface area contributed by atoms with Crippen molar-refractivity contribution < 1.29 is 0 Å². The predicted molar refractivity (Wildman–Crippen MR) is 57.1 cm³/mol. The molecule has 1 N–H and O–H groups in total. The van der Waals surface area contributed by atoms with Gasteiger partial charge in [0.15, 0.2) is 0 Å². The maximum Gasteiger partial charge on any atom is 0.0336 e. The number of piperazine rings is 1. The van der Waals surface area contributed by atoms with Gasteiger partial charge in [0.2, 0.25) is 0 Å². The summed E-state index contributed by atoms with van der Waals surface area (Å²) in [7, 11) is 0. The van der Waals surface area contributed by atoms with Gasteiger partial charge in [-0.1, -0.05) is 6.07 Å². The van der Waals surface area contributed by atoms with Crippen molar-refractivity contribution in [2.45, 2.75) is 13.0 Å². The van der Waals surface area contributed by atoms with Crippen LogP contribution in [0.3, 0.4) is 0 Å². The Labute approximate surface area is 85.1 Å². The third-order valence-electron chi connectivity index (χ3n) is 2.87. The summed E-state index contributed by atoms with van der Waals surface area (Å²) in [5, 5.41) is 3.36. The van der Waals surface area contributed by atoms with Crippen LogP contribution in [-0.2, 0) is 0 Å². The molecule has 1 atom stereocenters. The maximum absolute atomic E-state index is 4.16. The van der Waals surface area contributed by atoms with Crippen LogP contribution in [0.2, 0.25) is 0 Å². The first-order chi connectivity index (χ1) is 6.88. The van der Waals surface area contributed by atoms with Gasteiger partial charge in [-0.3, -0.25) is 9.88 Å². The van der Waals surface area contributed by atoms with E-state index in [1.54, 1.807) is 0 Å². The fraction of sp³-hybridized carbons (Fsp3) is 0.545. The van der Waals surface area contributed by atoms with Crippen molar-refractivity contribution in [2.75, 3.05) is 26.2 Å². The maximum atomic E-state index is 4.16. The summed E-state index contributed by atoms with van der Waals surface area (Å²) in [6.45, 7) is 6.73. The van der Waals surface area contributed by atoms with E-state index in [2.05, 4.69) is 28.2 Å². The molecule has 0 aliphatic carbocycles. The average Bonchev–Trinajstić information content (AvgIpc) is 2.30. The van der Waals surface area contributed by atoms with Crippen molar-refractivity contribution in [1.29, 1.82) is 0 Å². The monoisotopic (exact) mass is 191 g/mol. The number of pyridine rings is 1. The summed E-state index contributed by atoms with van der Waals surface area (Å²) in [5.41, 5.74) is 1.31. The largest absolute Gasteiger partial charge is 0.314 e. The summed E-state index contributed by atoms with van der Waals surface area (Å²) in [5.74, 6) is 0. The minimum absolute atomic E-state index is 0.491. The van der Waals surface area contributed by atoms with Gasteiger partial charge in [-0.15, -0.1) is 0 Å². The lowest BCUT2D eigenvalue weighted by Gasteiger charge is -2.32. The zero-order chi connectivity index (χ0) is 9.80. The summed E-state index contributed by atoms with van der Waals surface area (Å²) in [6, 6.07) is 4.65. The van der Waals surface area contributed by atoms with E-state index in [0.717, 1.165) is 26.2 Å². The molecule has 1 aromatic rings. The van der Waals surface area contributed by atoms with E-state index in [0.29, 0.717) is 6.04 Å². The molecule has 2 heterocycles. The molecule has 2 rings (SSSR count). The predicted octanol–water partition coefficient (Wildman–Crippen LogP) is 1.05. The second-order valence-electron chi connectivity index (χ2n) is 3.75. The Morgan fingerprint density at radius 3 is 2.86 bits per heavy atom.